The van der Waals surface area contributed by atoms with Crippen molar-refractivity contribution in [3.63, 3.8) is 0 Å². The van der Waals surface area contributed by atoms with Gasteiger partial charge in [-0.25, -0.2) is 0 Å². The van der Waals surface area contributed by atoms with Gasteiger partial charge >= 0.3 is 0 Å². The Morgan fingerprint density at radius 2 is 1.62 bits per heavy atom. The van der Waals surface area contributed by atoms with Crippen molar-refractivity contribution < 1.29 is 0 Å². The summed E-state index contributed by atoms with van der Waals surface area (Å²) >= 11 is 7.38. The molecule has 0 aromatic heterocycles. The van der Waals surface area contributed by atoms with Crippen LogP contribution in [-0.2, 0) is 18.6 Å². The second-order valence-corrected chi connectivity index (χ2v) is 7.09. The van der Waals surface area contributed by atoms with Gasteiger partial charge in [-0.1, -0.05) is 62.4 Å². The molecule has 2 nitrogen and oxygen atoms in total. The van der Waals surface area contributed by atoms with E-state index in [0.717, 1.165) is 30.9 Å². The van der Waals surface area contributed by atoms with Gasteiger partial charge < -0.3 is 10.6 Å². The lowest BCUT2D eigenvalue weighted by Crippen LogP contribution is -2.31. The summed E-state index contributed by atoms with van der Waals surface area (Å²) in [4.78, 5) is 0. The lowest BCUT2D eigenvalue weighted by Gasteiger charge is -2.16. The van der Waals surface area contributed by atoms with Gasteiger partial charge in [-0.05, 0) is 41.7 Å². The van der Waals surface area contributed by atoms with Crippen molar-refractivity contribution in [1.29, 1.82) is 0 Å². The van der Waals surface area contributed by atoms with Gasteiger partial charge in [0.1, 0.15) is 0 Å². The van der Waals surface area contributed by atoms with Gasteiger partial charge in [-0.15, -0.1) is 0 Å². The third kappa shape index (κ3) is 5.84. The van der Waals surface area contributed by atoms with Crippen LogP contribution in [0, 0.1) is 0 Å². The van der Waals surface area contributed by atoms with E-state index in [9.17, 15) is 0 Å². The topological polar surface area (TPSA) is 24.1 Å². The number of anilines is 1. The van der Waals surface area contributed by atoms with Gasteiger partial charge in [0.2, 0.25) is 0 Å². The lowest BCUT2D eigenvalue weighted by atomic mass is 10.0. The molecule has 0 amide bonds. The molecular weight excluding hydrogens is 332 g/mol. The van der Waals surface area contributed by atoms with Crippen LogP contribution in [0.1, 0.15) is 30.5 Å². The summed E-state index contributed by atoms with van der Waals surface area (Å²) in [5, 5.41) is 7.43. The lowest BCUT2D eigenvalue weighted by molar-refractivity contribution is 0.986. The molecule has 0 unspecified atom stereocenters. The molecule has 0 saturated heterocycles. The summed E-state index contributed by atoms with van der Waals surface area (Å²) in [6, 6.07) is 17.0. The highest BCUT2D eigenvalue weighted by molar-refractivity contribution is 7.98. The fraction of sp³-hybridized carbons (Fsp3) is 0.350. The molecule has 0 spiro atoms. The number of hydrogen-bond acceptors (Lipinski definition) is 2. The highest BCUT2D eigenvalue weighted by Crippen LogP contribution is 2.22. The largest absolute Gasteiger partial charge is 0.362 e. The Morgan fingerprint density at radius 3 is 2.25 bits per heavy atom. The molecule has 0 aliphatic rings. The minimum Gasteiger partial charge on any atom is -0.362 e. The van der Waals surface area contributed by atoms with E-state index in [2.05, 4.69) is 73.0 Å². The third-order valence-electron chi connectivity index (χ3n) is 3.88. The first-order valence-corrected chi connectivity index (χ1v) is 10.1. The standard InChI is InChI=1S/C20H26N2S2/c1-3-17-11-8-12-18(4-2)19(17)22-20(23)21-13-14-24-15-16-9-6-5-7-10-16/h5-12H,3-4,13-15H2,1-2H3,(H2,21,22,23). The van der Waals surface area contributed by atoms with Crippen molar-refractivity contribution >= 4 is 34.8 Å². The molecule has 0 atom stereocenters. The Labute approximate surface area is 155 Å². The second-order valence-electron chi connectivity index (χ2n) is 5.58. The molecule has 0 heterocycles. The third-order valence-corrected chi connectivity index (χ3v) is 5.16. The molecule has 0 aliphatic heterocycles. The van der Waals surface area contributed by atoms with Crippen LogP contribution >= 0.6 is 24.0 Å². The zero-order valence-electron chi connectivity index (χ0n) is 14.5. The summed E-state index contributed by atoms with van der Waals surface area (Å²) in [5.41, 5.74) is 5.18. The molecule has 4 heteroatoms. The van der Waals surface area contributed by atoms with Gasteiger partial charge in [-0.2, -0.15) is 11.8 Å². The first-order valence-electron chi connectivity index (χ1n) is 8.51. The van der Waals surface area contributed by atoms with E-state index >= 15 is 0 Å². The molecule has 0 bridgehead atoms. The number of hydrogen-bond donors (Lipinski definition) is 2. The van der Waals surface area contributed by atoms with Gasteiger partial charge in [0, 0.05) is 23.7 Å². The van der Waals surface area contributed by atoms with E-state index in [-0.39, 0.29) is 0 Å². The van der Waals surface area contributed by atoms with Crippen LogP contribution in [0.4, 0.5) is 5.69 Å². The van der Waals surface area contributed by atoms with E-state index in [1.165, 1.54) is 22.4 Å². The zero-order chi connectivity index (χ0) is 17.2. The first kappa shape index (κ1) is 18.8. The predicted octanol–water partition coefficient (Wildman–Crippen LogP) is 5.03. The molecule has 2 aromatic carbocycles. The fourth-order valence-corrected chi connectivity index (χ4v) is 3.58. The number of nitrogens with one attached hydrogen (secondary N) is 2. The predicted molar refractivity (Wildman–Crippen MR) is 112 cm³/mol. The average molecular weight is 359 g/mol. The maximum absolute atomic E-state index is 5.46. The Bertz CT molecular complexity index is 619. The van der Waals surface area contributed by atoms with E-state index in [1.54, 1.807) is 0 Å². The summed E-state index contributed by atoms with van der Waals surface area (Å²) in [6.07, 6.45) is 2.01. The van der Waals surface area contributed by atoms with Crippen LogP contribution in [-0.4, -0.2) is 17.4 Å². The molecular formula is C20H26N2S2. The Hall–Kier alpha value is -1.52. The van der Waals surface area contributed by atoms with Gasteiger partial charge in [0.15, 0.2) is 5.11 Å². The number of para-hydroxylation sites is 1. The molecule has 2 rings (SSSR count). The van der Waals surface area contributed by atoms with Gasteiger partial charge in [0.25, 0.3) is 0 Å². The van der Waals surface area contributed by atoms with E-state index in [4.69, 9.17) is 12.2 Å². The molecule has 128 valence electrons. The SMILES string of the molecule is CCc1cccc(CC)c1NC(=S)NCCSCc1ccccc1. The summed E-state index contributed by atoms with van der Waals surface area (Å²) < 4.78 is 0. The van der Waals surface area contributed by atoms with Crippen LogP contribution in [0.3, 0.4) is 0 Å². The Kier molecular flexibility index (Phi) is 8.13. The van der Waals surface area contributed by atoms with Crippen molar-refractivity contribution in [3.05, 3.63) is 65.2 Å². The van der Waals surface area contributed by atoms with Crippen LogP contribution in [0.15, 0.2) is 48.5 Å². The molecule has 0 radical (unpaired) electrons. The number of thiocarbonyl (C=S) groups is 1. The van der Waals surface area contributed by atoms with Crippen LogP contribution in [0.5, 0.6) is 0 Å². The molecule has 0 fully saturated rings. The highest BCUT2D eigenvalue weighted by atomic mass is 32.2. The normalized spacial score (nSPS) is 10.4. The van der Waals surface area contributed by atoms with E-state index < -0.39 is 0 Å². The van der Waals surface area contributed by atoms with Crippen molar-refractivity contribution in [2.75, 3.05) is 17.6 Å². The van der Waals surface area contributed by atoms with E-state index in [1.807, 2.05) is 11.8 Å². The van der Waals surface area contributed by atoms with Gasteiger partial charge in [-0.3, -0.25) is 0 Å². The number of benzene rings is 2. The van der Waals surface area contributed by atoms with Crippen molar-refractivity contribution in [2.24, 2.45) is 0 Å². The second kappa shape index (κ2) is 10.4. The first-order chi connectivity index (χ1) is 11.7. The number of thioether (sulfide) groups is 1. The number of rotatable bonds is 8. The summed E-state index contributed by atoms with van der Waals surface area (Å²) in [5.74, 6) is 2.08. The molecule has 0 aliphatic carbocycles. The van der Waals surface area contributed by atoms with Crippen LogP contribution < -0.4 is 10.6 Å². The summed E-state index contributed by atoms with van der Waals surface area (Å²) in [6.45, 7) is 5.23. The minimum atomic E-state index is 0.714. The van der Waals surface area contributed by atoms with Crippen LogP contribution in [0.2, 0.25) is 0 Å². The molecule has 2 N–H and O–H groups in total. The highest BCUT2D eigenvalue weighted by Gasteiger charge is 2.07. The van der Waals surface area contributed by atoms with Crippen molar-refractivity contribution in [2.45, 2.75) is 32.4 Å². The Morgan fingerprint density at radius 1 is 0.958 bits per heavy atom. The minimum absolute atomic E-state index is 0.714. The Balaban J connectivity index is 1.76. The smallest absolute Gasteiger partial charge is 0.170 e. The van der Waals surface area contributed by atoms with E-state index in [0.29, 0.717) is 5.11 Å². The van der Waals surface area contributed by atoms with Gasteiger partial charge in [0.05, 0.1) is 0 Å². The fourth-order valence-electron chi connectivity index (χ4n) is 2.56. The molecule has 0 saturated carbocycles. The van der Waals surface area contributed by atoms with Crippen LogP contribution in [0.25, 0.3) is 0 Å². The quantitative estimate of drug-likeness (QED) is 0.510. The summed E-state index contributed by atoms with van der Waals surface area (Å²) in [7, 11) is 0. The molecule has 2 aromatic rings. The molecule has 24 heavy (non-hydrogen) atoms. The zero-order valence-corrected chi connectivity index (χ0v) is 16.1. The maximum Gasteiger partial charge on any atom is 0.170 e. The average Bonchev–Trinajstić information content (AvgIpc) is 2.62. The monoisotopic (exact) mass is 358 g/mol. The van der Waals surface area contributed by atoms with Crippen molar-refractivity contribution in [1.82, 2.24) is 5.32 Å². The number of aryl methyl sites for hydroxylation is 2. The van der Waals surface area contributed by atoms with Crippen molar-refractivity contribution in [3.8, 4) is 0 Å². The maximum atomic E-state index is 5.46.